The predicted molar refractivity (Wildman–Crippen MR) is 67.9 cm³/mol. The van der Waals surface area contributed by atoms with E-state index in [1.807, 2.05) is 0 Å². The van der Waals surface area contributed by atoms with E-state index in [9.17, 15) is 4.39 Å². The number of hydrogen-bond donors (Lipinski definition) is 0. The summed E-state index contributed by atoms with van der Waals surface area (Å²) < 4.78 is 12.8. The Balaban J connectivity index is 2.35. The van der Waals surface area contributed by atoms with Crippen molar-refractivity contribution in [1.82, 2.24) is 0 Å². The van der Waals surface area contributed by atoms with Crippen LogP contribution in [0.4, 0.5) is 4.39 Å². The van der Waals surface area contributed by atoms with Gasteiger partial charge in [0.15, 0.2) is 0 Å². The third-order valence-electron chi connectivity index (χ3n) is 2.47. The van der Waals surface area contributed by atoms with Crippen molar-refractivity contribution < 1.29 is 4.39 Å². The number of benzene rings is 1. The molecule has 0 radical (unpaired) electrons. The van der Waals surface area contributed by atoms with Crippen molar-refractivity contribution in [3.8, 4) is 0 Å². The third-order valence-corrected chi connectivity index (χ3v) is 4.29. The second-order valence-corrected chi connectivity index (χ2v) is 5.54. The van der Waals surface area contributed by atoms with Crippen LogP contribution in [0, 0.1) is 19.7 Å². The molecule has 0 saturated carbocycles. The third kappa shape index (κ3) is 2.28. The lowest BCUT2D eigenvalue weighted by Gasteiger charge is -2.09. The Morgan fingerprint density at radius 2 is 1.81 bits per heavy atom. The molecule has 0 aliphatic heterocycles. The van der Waals surface area contributed by atoms with E-state index in [-0.39, 0.29) is 11.2 Å². The van der Waals surface area contributed by atoms with E-state index in [1.54, 1.807) is 23.5 Å². The zero-order valence-electron chi connectivity index (χ0n) is 9.13. The Kier molecular flexibility index (Phi) is 3.31. The van der Waals surface area contributed by atoms with Gasteiger partial charge in [-0.1, -0.05) is 12.1 Å². The maximum absolute atomic E-state index is 12.8. The smallest absolute Gasteiger partial charge is 0.123 e. The SMILES string of the molecule is Cc1cc(C)c(C(Cl)c2ccc(F)cc2)s1. The Hall–Kier alpha value is -0.860. The monoisotopic (exact) mass is 254 g/mol. The van der Waals surface area contributed by atoms with Crippen LogP contribution in [0.3, 0.4) is 0 Å². The number of hydrogen-bond acceptors (Lipinski definition) is 1. The van der Waals surface area contributed by atoms with Crippen LogP contribution in [0.25, 0.3) is 0 Å². The zero-order chi connectivity index (χ0) is 11.7. The molecule has 2 aromatic rings. The van der Waals surface area contributed by atoms with Crippen molar-refractivity contribution in [2.45, 2.75) is 19.2 Å². The van der Waals surface area contributed by atoms with Crippen LogP contribution in [0.15, 0.2) is 30.3 Å². The van der Waals surface area contributed by atoms with E-state index in [0.717, 1.165) is 10.4 Å². The molecule has 2 rings (SSSR count). The molecule has 1 aromatic carbocycles. The molecule has 1 atom stereocenters. The first-order chi connectivity index (χ1) is 7.58. The fourth-order valence-corrected chi connectivity index (χ4v) is 3.19. The molecule has 0 bridgehead atoms. The van der Waals surface area contributed by atoms with Crippen molar-refractivity contribution in [1.29, 1.82) is 0 Å². The average Bonchev–Trinajstić information content (AvgIpc) is 2.58. The maximum Gasteiger partial charge on any atom is 0.123 e. The van der Waals surface area contributed by atoms with Gasteiger partial charge in [-0.15, -0.1) is 22.9 Å². The van der Waals surface area contributed by atoms with Crippen LogP contribution in [-0.2, 0) is 0 Å². The van der Waals surface area contributed by atoms with E-state index < -0.39 is 0 Å². The Labute approximate surface area is 104 Å². The fraction of sp³-hybridized carbons (Fsp3) is 0.231. The summed E-state index contributed by atoms with van der Waals surface area (Å²) in [5.41, 5.74) is 2.14. The Morgan fingerprint density at radius 3 is 2.31 bits per heavy atom. The predicted octanol–water partition coefficient (Wildman–Crippen LogP) is 4.83. The minimum Gasteiger partial charge on any atom is -0.207 e. The van der Waals surface area contributed by atoms with Crippen LogP contribution in [-0.4, -0.2) is 0 Å². The molecule has 0 N–H and O–H groups in total. The normalized spacial score (nSPS) is 12.8. The highest BCUT2D eigenvalue weighted by Gasteiger charge is 2.15. The summed E-state index contributed by atoms with van der Waals surface area (Å²) in [7, 11) is 0. The molecule has 0 nitrogen and oxygen atoms in total. The van der Waals surface area contributed by atoms with E-state index in [4.69, 9.17) is 11.6 Å². The van der Waals surface area contributed by atoms with Gasteiger partial charge in [0.05, 0.1) is 5.38 Å². The fourth-order valence-electron chi connectivity index (χ4n) is 1.69. The largest absolute Gasteiger partial charge is 0.207 e. The first-order valence-corrected chi connectivity index (χ1v) is 6.29. The standard InChI is InChI=1S/C13H12ClFS/c1-8-7-9(2)16-13(8)12(14)10-3-5-11(15)6-4-10/h3-7,12H,1-2H3. The molecule has 0 aliphatic rings. The van der Waals surface area contributed by atoms with Crippen LogP contribution >= 0.6 is 22.9 Å². The molecule has 0 spiro atoms. The topological polar surface area (TPSA) is 0 Å². The second kappa shape index (κ2) is 4.56. The second-order valence-electron chi connectivity index (χ2n) is 3.82. The molecular formula is C13H12ClFS. The summed E-state index contributed by atoms with van der Waals surface area (Å²) in [6, 6.07) is 8.49. The average molecular weight is 255 g/mol. The van der Waals surface area contributed by atoms with Gasteiger partial charge in [-0.3, -0.25) is 0 Å². The lowest BCUT2D eigenvalue weighted by molar-refractivity contribution is 0.627. The number of aryl methyl sites for hydroxylation is 2. The van der Waals surface area contributed by atoms with Crippen molar-refractivity contribution in [2.24, 2.45) is 0 Å². The number of halogens is 2. The van der Waals surface area contributed by atoms with Gasteiger partial charge < -0.3 is 0 Å². The number of alkyl halides is 1. The zero-order valence-corrected chi connectivity index (χ0v) is 10.7. The first-order valence-electron chi connectivity index (χ1n) is 5.04. The lowest BCUT2D eigenvalue weighted by atomic mass is 10.1. The molecule has 1 aromatic heterocycles. The molecule has 0 amide bonds. The summed E-state index contributed by atoms with van der Waals surface area (Å²) in [5.74, 6) is -0.230. The minimum atomic E-state index is -0.230. The van der Waals surface area contributed by atoms with Crippen LogP contribution in [0.1, 0.15) is 26.3 Å². The number of thiophene rings is 1. The summed E-state index contributed by atoms with van der Waals surface area (Å²) in [5, 5.41) is -0.181. The van der Waals surface area contributed by atoms with Gasteiger partial charge in [0.1, 0.15) is 5.82 Å². The highest BCUT2D eigenvalue weighted by molar-refractivity contribution is 7.12. The molecular weight excluding hydrogens is 243 g/mol. The van der Waals surface area contributed by atoms with Gasteiger partial charge in [0.25, 0.3) is 0 Å². The summed E-state index contributed by atoms with van der Waals surface area (Å²) in [6.07, 6.45) is 0. The van der Waals surface area contributed by atoms with Crippen molar-refractivity contribution in [2.75, 3.05) is 0 Å². The molecule has 3 heteroatoms. The van der Waals surface area contributed by atoms with Crippen LogP contribution in [0.5, 0.6) is 0 Å². The van der Waals surface area contributed by atoms with E-state index >= 15 is 0 Å². The first kappa shape index (κ1) is 11.6. The quantitative estimate of drug-likeness (QED) is 0.673. The lowest BCUT2D eigenvalue weighted by Crippen LogP contribution is -1.92. The van der Waals surface area contributed by atoms with E-state index in [1.165, 1.54) is 22.6 Å². The molecule has 16 heavy (non-hydrogen) atoms. The maximum atomic E-state index is 12.8. The highest BCUT2D eigenvalue weighted by Crippen LogP contribution is 2.36. The van der Waals surface area contributed by atoms with Gasteiger partial charge in [-0.25, -0.2) is 4.39 Å². The molecule has 0 aliphatic carbocycles. The van der Waals surface area contributed by atoms with Crippen molar-refractivity contribution >= 4 is 22.9 Å². The molecule has 0 saturated heterocycles. The van der Waals surface area contributed by atoms with Crippen molar-refractivity contribution in [3.63, 3.8) is 0 Å². The summed E-state index contributed by atoms with van der Waals surface area (Å²) >= 11 is 8.09. The Morgan fingerprint density at radius 1 is 1.19 bits per heavy atom. The van der Waals surface area contributed by atoms with Gasteiger partial charge in [0, 0.05) is 9.75 Å². The molecule has 1 unspecified atom stereocenters. The molecule has 0 fully saturated rings. The van der Waals surface area contributed by atoms with Crippen LogP contribution in [0.2, 0.25) is 0 Å². The minimum absolute atomic E-state index is 0.181. The molecule has 1 heterocycles. The van der Waals surface area contributed by atoms with Crippen LogP contribution < -0.4 is 0 Å². The summed E-state index contributed by atoms with van der Waals surface area (Å²) in [4.78, 5) is 2.39. The summed E-state index contributed by atoms with van der Waals surface area (Å²) in [6.45, 7) is 4.12. The van der Waals surface area contributed by atoms with E-state index in [0.29, 0.717) is 0 Å². The van der Waals surface area contributed by atoms with Gasteiger partial charge in [0.2, 0.25) is 0 Å². The highest BCUT2D eigenvalue weighted by atomic mass is 35.5. The van der Waals surface area contributed by atoms with Gasteiger partial charge in [-0.2, -0.15) is 0 Å². The van der Waals surface area contributed by atoms with E-state index in [2.05, 4.69) is 19.9 Å². The van der Waals surface area contributed by atoms with Crippen molar-refractivity contribution in [3.05, 3.63) is 57.0 Å². The Bertz CT molecular complexity index is 487. The van der Waals surface area contributed by atoms with Gasteiger partial charge >= 0.3 is 0 Å². The van der Waals surface area contributed by atoms with Gasteiger partial charge in [-0.05, 0) is 43.2 Å². The number of rotatable bonds is 2. The molecule has 84 valence electrons.